The van der Waals surface area contributed by atoms with E-state index < -0.39 is 17.3 Å². The van der Waals surface area contributed by atoms with Crippen LogP contribution in [-0.2, 0) is 10.3 Å². The number of halogens is 1. The molecule has 0 spiro atoms. The summed E-state index contributed by atoms with van der Waals surface area (Å²) in [4.78, 5) is 11.4. The van der Waals surface area contributed by atoms with Gasteiger partial charge < -0.3 is 10.1 Å². The highest BCUT2D eigenvalue weighted by molar-refractivity contribution is 5.79. The van der Waals surface area contributed by atoms with Gasteiger partial charge >= 0.3 is 0 Å². The van der Waals surface area contributed by atoms with E-state index in [9.17, 15) is 9.18 Å². The SMILES string of the molecule is COc1ccc(F)cc1C(C)(C)NC(=O)CC#N. The van der Waals surface area contributed by atoms with Gasteiger partial charge in [0.1, 0.15) is 18.0 Å². The van der Waals surface area contributed by atoms with Gasteiger partial charge in [-0.2, -0.15) is 5.26 Å². The first-order valence-corrected chi connectivity index (χ1v) is 5.42. The van der Waals surface area contributed by atoms with E-state index in [0.29, 0.717) is 11.3 Å². The van der Waals surface area contributed by atoms with Crippen molar-refractivity contribution in [1.82, 2.24) is 5.32 Å². The molecule has 1 amide bonds. The second-order valence-electron chi connectivity index (χ2n) is 4.35. The molecule has 0 radical (unpaired) electrons. The summed E-state index contributed by atoms with van der Waals surface area (Å²) in [6.45, 7) is 3.44. The van der Waals surface area contributed by atoms with Crippen LogP contribution in [0.3, 0.4) is 0 Å². The van der Waals surface area contributed by atoms with Gasteiger partial charge in [0, 0.05) is 5.56 Å². The molecule has 0 bridgehead atoms. The summed E-state index contributed by atoms with van der Waals surface area (Å²) in [5, 5.41) is 11.1. The average molecular weight is 250 g/mol. The van der Waals surface area contributed by atoms with Gasteiger partial charge in [-0.05, 0) is 32.0 Å². The lowest BCUT2D eigenvalue weighted by atomic mass is 9.93. The van der Waals surface area contributed by atoms with Gasteiger partial charge in [-0.15, -0.1) is 0 Å². The van der Waals surface area contributed by atoms with E-state index >= 15 is 0 Å². The molecule has 0 aliphatic rings. The molecule has 4 nitrogen and oxygen atoms in total. The van der Waals surface area contributed by atoms with Crippen molar-refractivity contribution in [3.05, 3.63) is 29.6 Å². The minimum Gasteiger partial charge on any atom is -0.496 e. The van der Waals surface area contributed by atoms with Crippen LogP contribution in [0, 0.1) is 17.1 Å². The molecule has 1 aromatic carbocycles. The molecule has 0 fully saturated rings. The van der Waals surface area contributed by atoms with E-state index in [1.807, 2.05) is 0 Å². The molecule has 0 aliphatic heterocycles. The number of hydrogen-bond donors (Lipinski definition) is 1. The largest absolute Gasteiger partial charge is 0.496 e. The number of methoxy groups -OCH3 is 1. The van der Waals surface area contributed by atoms with Crippen molar-refractivity contribution in [1.29, 1.82) is 5.26 Å². The van der Waals surface area contributed by atoms with Crippen molar-refractivity contribution < 1.29 is 13.9 Å². The topological polar surface area (TPSA) is 62.1 Å². The molecular formula is C13H15FN2O2. The minimum atomic E-state index is -0.818. The Hall–Kier alpha value is -2.09. The maximum atomic E-state index is 13.3. The summed E-state index contributed by atoms with van der Waals surface area (Å²) < 4.78 is 18.4. The fourth-order valence-electron chi connectivity index (χ4n) is 1.70. The Morgan fingerprint density at radius 1 is 1.56 bits per heavy atom. The van der Waals surface area contributed by atoms with Crippen LogP contribution in [0.1, 0.15) is 25.8 Å². The van der Waals surface area contributed by atoms with Crippen LogP contribution >= 0.6 is 0 Å². The number of nitriles is 1. The van der Waals surface area contributed by atoms with Gasteiger partial charge in [-0.3, -0.25) is 4.79 Å². The summed E-state index contributed by atoms with van der Waals surface area (Å²) in [6.07, 6.45) is -0.235. The third-order valence-electron chi connectivity index (χ3n) is 2.53. The van der Waals surface area contributed by atoms with Gasteiger partial charge in [0.2, 0.25) is 5.91 Å². The standard InChI is InChI=1S/C13H15FN2O2/c1-13(2,16-12(17)6-7-15)10-8-9(14)4-5-11(10)18-3/h4-5,8H,6H2,1-3H3,(H,16,17). The Labute approximate surface area is 105 Å². The molecule has 1 aromatic rings. The van der Waals surface area contributed by atoms with E-state index in [4.69, 9.17) is 10.00 Å². The molecule has 0 heterocycles. The minimum absolute atomic E-state index is 0.235. The number of benzene rings is 1. The van der Waals surface area contributed by atoms with Crippen LogP contribution in [0.4, 0.5) is 4.39 Å². The summed E-state index contributed by atoms with van der Waals surface area (Å²) in [7, 11) is 1.48. The predicted octanol–water partition coefficient (Wildman–Crippen LogP) is 2.10. The Balaban J connectivity index is 3.07. The first-order chi connectivity index (χ1) is 8.40. The average Bonchev–Trinajstić information content (AvgIpc) is 2.28. The predicted molar refractivity (Wildman–Crippen MR) is 64.4 cm³/mol. The lowest BCUT2D eigenvalue weighted by Crippen LogP contribution is -2.41. The summed E-state index contributed by atoms with van der Waals surface area (Å²) in [5.74, 6) is -0.333. The quantitative estimate of drug-likeness (QED) is 0.890. The van der Waals surface area contributed by atoms with E-state index in [-0.39, 0.29) is 6.42 Å². The zero-order valence-electron chi connectivity index (χ0n) is 10.6. The third-order valence-corrected chi connectivity index (χ3v) is 2.53. The van der Waals surface area contributed by atoms with Crippen molar-refractivity contribution in [2.75, 3.05) is 7.11 Å². The molecule has 0 atom stereocenters. The number of ether oxygens (including phenoxy) is 1. The van der Waals surface area contributed by atoms with Crippen molar-refractivity contribution in [3.8, 4) is 11.8 Å². The number of carbonyl (C=O) groups excluding carboxylic acids is 1. The van der Waals surface area contributed by atoms with E-state index in [1.54, 1.807) is 19.9 Å². The van der Waals surface area contributed by atoms with E-state index in [1.165, 1.54) is 25.3 Å². The van der Waals surface area contributed by atoms with Crippen LogP contribution < -0.4 is 10.1 Å². The number of rotatable bonds is 4. The highest BCUT2D eigenvalue weighted by Gasteiger charge is 2.26. The summed E-state index contributed by atoms with van der Waals surface area (Å²) in [6, 6.07) is 5.87. The molecule has 0 aromatic heterocycles. The smallest absolute Gasteiger partial charge is 0.234 e. The molecule has 96 valence electrons. The van der Waals surface area contributed by atoms with Crippen LogP contribution in [0.15, 0.2) is 18.2 Å². The molecule has 0 saturated carbocycles. The lowest BCUT2D eigenvalue weighted by molar-refractivity contribution is -0.121. The van der Waals surface area contributed by atoms with E-state index in [0.717, 1.165) is 0 Å². The van der Waals surface area contributed by atoms with Crippen molar-refractivity contribution in [2.45, 2.75) is 25.8 Å². The van der Waals surface area contributed by atoms with E-state index in [2.05, 4.69) is 5.32 Å². The number of nitrogens with zero attached hydrogens (tertiary/aromatic N) is 1. The van der Waals surface area contributed by atoms with Crippen molar-refractivity contribution >= 4 is 5.91 Å². The second-order valence-corrected chi connectivity index (χ2v) is 4.35. The normalized spacial score (nSPS) is 10.6. The molecule has 5 heteroatoms. The first-order valence-electron chi connectivity index (χ1n) is 5.42. The van der Waals surface area contributed by atoms with Gasteiger partial charge in [0.15, 0.2) is 0 Å². The Bertz CT molecular complexity index is 492. The molecule has 18 heavy (non-hydrogen) atoms. The number of nitrogens with one attached hydrogen (secondary N) is 1. The maximum Gasteiger partial charge on any atom is 0.234 e. The molecule has 1 rings (SSSR count). The lowest BCUT2D eigenvalue weighted by Gasteiger charge is -2.28. The van der Waals surface area contributed by atoms with Gasteiger partial charge in [0.25, 0.3) is 0 Å². The first kappa shape index (κ1) is 14.0. The molecule has 1 N–H and O–H groups in total. The fourth-order valence-corrected chi connectivity index (χ4v) is 1.70. The monoisotopic (exact) mass is 250 g/mol. The fraction of sp³-hybridized carbons (Fsp3) is 0.385. The third kappa shape index (κ3) is 3.20. The molecular weight excluding hydrogens is 235 g/mol. The van der Waals surface area contributed by atoms with Crippen LogP contribution in [0.5, 0.6) is 5.75 Å². The highest BCUT2D eigenvalue weighted by atomic mass is 19.1. The van der Waals surface area contributed by atoms with Gasteiger partial charge in [-0.25, -0.2) is 4.39 Å². The van der Waals surface area contributed by atoms with Crippen LogP contribution in [0.25, 0.3) is 0 Å². The Morgan fingerprint density at radius 2 is 2.22 bits per heavy atom. The summed E-state index contributed by atoms with van der Waals surface area (Å²) >= 11 is 0. The summed E-state index contributed by atoms with van der Waals surface area (Å²) in [5.41, 5.74) is -0.294. The zero-order chi connectivity index (χ0) is 13.8. The van der Waals surface area contributed by atoms with Crippen molar-refractivity contribution in [3.63, 3.8) is 0 Å². The van der Waals surface area contributed by atoms with Crippen LogP contribution in [0.2, 0.25) is 0 Å². The number of hydrogen-bond acceptors (Lipinski definition) is 3. The number of carbonyl (C=O) groups is 1. The molecule has 0 aliphatic carbocycles. The Kier molecular flexibility index (Phi) is 4.27. The van der Waals surface area contributed by atoms with Crippen LogP contribution in [-0.4, -0.2) is 13.0 Å². The Morgan fingerprint density at radius 3 is 2.78 bits per heavy atom. The molecule has 0 saturated heterocycles. The molecule has 0 unspecified atom stereocenters. The van der Waals surface area contributed by atoms with Gasteiger partial charge in [-0.1, -0.05) is 0 Å². The van der Waals surface area contributed by atoms with Crippen molar-refractivity contribution in [2.24, 2.45) is 0 Å². The zero-order valence-corrected chi connectivity index (χ0v) is 10.6. The highest BCUT2D eigenvalue weighted by Crippen LogP contribution is 2.30. The van der Waals surface area contributed by atoms with Gasteiger partial charge in [0.05, 0.1) is 18.7 Å². The second kappa shape index (κ2) is 5.50. The number of amides is 1. The maximum absolute atomic E-state index is 13.3.